The smallest absolute Gasteiger partial charge is 0.276 e. The van der Waals surface area contributed by atoms with Crippen molar-refractivity contribution in [3.05, 3.63) is 77.6 Å². The molecule has 0 unspecified atom stereocenters. The fourth-order valence-electron chi connectivity index (χ4n) is 2.02. The molecule has 110 valence electrons. The summed E-state index contributed by atoms with van der Waals surface area (Å²) in [4.78, 5) is 15.9. The molecular formula is C16H13FN4O. The van der Waals surface area contributed by atoms with E-state index in [0.717, 1.165) is 11.3 Å². The molecule has 0 aliphatic heterocycles. The van der Waals surface area contributed by atoms with Gasteiger partial charge in [-0.1, -0.05) is 12.1 Å². The molecule has 0 atom stereocenters. The lowest BCUT2D eigenvalue weighted by atomic mass is 10.1. The van der Waals surface area contributed by atoms with Gasteiger partial charge in [0.25, 0.3) is 5.91 Å². The number of H-pyrrole nitrogens is 1. The van der Waals surface area contributed by atoms with Gasteiger partial charge in [0.1, 0.15) is 5.82 Å². The molecule has 0 saturated heterocycles. The number of benzene rings is 1. The van der Waals surface area contributed by atoms with E-state index in [9.17, 15) is 9.18 Å². The van der Waals surface area contributed by atoms with Crippen molar-refractivity contribution in [3.8, 4) is 0 Å². The van der Waals surface area contributed by atoms with E-state index in [0.29, 0.717) is 17.8 Å². The van der Waals surface area contributed by atoms with Gasteiger partial charge in [-0.3, -0.25) is 14.9 Å². The van der Waals surface area contributed by atoms with Gasteiger partial charge in [0.05, 0.1) is 0 Å². The van der Waals surface area contributed by atoms with Gasteiger partial charge in [-0.05, 0) is 35.9 Å². The standard InChI is InChI=1S/C16H13FN4O/c17-12-3-1-11(2-4-12)9-14-10-15(21-20-14)16(22)19-13-5-7-18-8-6-13/h1-8,10H,9H2,(H,20,21)(H,18,19,22). The Kier molecular flexibility index (Phi) is 3.91. The van der Waals surface area contributed by atoms with Crippen LogP contribution in [0.15, 0.2) is 54.9 Å². The zero-order valence-electron chi connectivity index (χ0n) is 11.6. The largest absolute Gasteiger partial charge is 0.320 e. The first-order chi connectivity index (χ1) is 10.7. The zero-order chi connectivity index (χ0) is 15.4. The van der Waals surface area contributed by atoms with Crippen molar-refractivity contribution in [2.45, 2.75) is 6.42 Å². The second-order valence-corrected chi connectivity index (χ2v) is 4.77. The molecule has 2 heterocycles. The number of carbonyl (C=O) groups is 1. The van der Waals surface area contributed by atoms with Crippen LogP contribution in [0.4, 0.5) is 10.1 Å². The summed E-state index contributed by atoms with van der Waals surface area (Å²) < 4.78 is 12.9. The maximum absolute atomic E-state index is 12.9. The number of nitrogens with one attached hydrogen (secondary N) is 2. The number of pyridine rings is 1. The Morgan fingerprint density at radius 2 is 1.86 bits per heavy atom. The molecule has 2 N–H and O–H groups in total. The van der Waals surface area contributed by atoms with Crippen LogP contribution in [0.1, 0.15) is 21.7 Å². The molecule has 5 nitrogen and oxygen atoms in total. The first-order valence-corrected chi connectivity index (χ1v) is 6.71. The lowest BCUT2D eigenvalue weighted by molar-refractivity contribution is 0.102. The summed E-state index contributed by atoms with van der Waals surface area (Å²) in [7, 11) is 0. The van der Waals surface area contributed by atoms with Crippen LogP contribution in [0.25, 0.3) is 0 Å². The predicted octanol–water partition coefficient (Wildman–Crippen LogP) is 2.79. The van der Waals surface area contributed by atoms with Crippen molar-refractivity contribution in [2.24, 2.45) is 0 Å². The van der Waals surface area contributed by atoms with E-state index < -0.39 is 0 Å². The van der Waals surface area contributed by atoms with Gasteiger partial charge >= 0.3 is 0 Å². The number of hydrogen-bond acceptors (Lipinski definition) is 3. The molecule has 1 amide bonds. The first-order valence-electron chi connectivity index (χ1n) is 6.71. The quantitative estimate of drug-likeness (QED) is 0.777. The Balaban J connectivity index is 1.68. The minimum absolute atomic E-state index is 0.272. The van der Waals surface area contributed by atoms with Crippen molar-refractivity contribution in [3.63, 3.8) is 0 Å². The highest BCUT2D eigenvalue weighted by Gasteiger charge is 2.11. The molecular weight excluding hydrogens is 283 g/mol. The second-order valence-electron chi connectivity index (χ2n) is 4.77. The van der Waals surface area contributed by atoms with E-state index in [4.69, 9.17) is 0 Å². The van der Waals surface area contributed by atoms with Crippen LogP contribution in [-0.4, -0.2) is 21.1 Å². The molecule has 2 aromatic heterocycles. The molecule has 6 heteroatoms. The van der Waals surface area contributed by atoms with Crippen molar-refractivity contribution in [2.75, 3.05) is 5.32 Å². The number of aromatic nitrogens is 3. The monoisotopic (exact) mass is 296 g/mol. The van der Waals surface area contributed by atoms with E-state index in [1.165, 1.54) is 12.1 Å². The Labute approximate surface area is 126 Å². The zero-order valence-corrected chi connectivity index (χ0v) is 11.6. The Hall–Kier alpha value is -3.02. The SMILES string of the molecule is O=C(Nc1ccncc1)c1cc(Cc2ccc(F)cc2)[nH]n1. The minimum Gasteiger partial charge on any atom is -0.320 e. The Morgan fingerprint density at radius 1 is 1.14 bits per heavy atom. The fourth-order valence-corrected chi connectivity index (χ4v) is 2.02. The average molecular weight is 296 g/mol. The van der Waals surface area contributed by atoms with E-state index in [-0.39, 0.29) is 11.7 Å². The lowest BCUT2D eigenvalue weighted by Crippen LogP contribution is -2.12. The molecule has 0 spiro atoms. The highest BCUT2D eigenvalue weighted by Crippen LogP contribution is 2.11. The number of rotatable bonds is 4. The maximum atomic E-state index is 12.9. The van der Waals surface area contributed by atoms with Gasteiger partial charge in [0.2, 0.25) is 0 Å². The molecule has 3 aromatic rings. The van der Waals surface area contributed by atoms with Crippen LogP contribution >= 0.6 is 0 Å². The predicted molar refractivity (Wildman–Crippen MR) is 80.0 cm³/mol. The molecule has 0 aliphatic carbocycles. The number of aromatic amines is 1. The number of halogens is 1. The third kappa shape index (κ3) is 3.35. The summed E-state index contributed by atoms with van der Waals surface area (Å²) in [5.41, 5.74) is 2.68. The number of amides is 1. The van der Waals surface area contributed by atoms with Gasteiger partial charge < -0.3 is 5.32 Å². The van der Waals surface area contributed by atoms with Gasteiger partial charge in [-0.15, -0.1) is 0 Å². The van der Waals surface area contributed by atoms with Crippen molar-refractivity contribution in [1.82, 2.24) is 15.2 Å². The number of hydrogen-bond donors (Lipinski definition) is 2. The second kappa shape index (κ2) is 6.17. The van der Waals surface area contributed by atoms with Gasteiger partial charge in [-0.25, -0.2) is 4.39 Å². The summed E-state index contributed by atoms with van der Waals surface area (Å²) in [5.74, 6) is -0.571. The molecule has 0 bridgehead atoms. The van der Waals surface area contributed by atoms with E-state index in [1.807, 2.05) is 0 Å². The molecule has 0 radical (unpaired) electrons. The maximum Gasteiger partial charge on any atom is 0.276 e. The fraction of sp³-hybridized carbons (Fsp3) is 0.0625. The van der Waals surface area contributed by atoms with Crippen LogP contribution in [-0.2, 0) is 6.42 Å². The third-order valence-corrected chi connectivity index (χ3v) is 3.11. The van der Waals surface area contributed by atoms with Crippen LogP contribution in [0.5, 0.6) is 0 Å². The number of nitrogens with zero attached hydrogens (tertiary/aromatic N) is 2. The van der Waals surface area contributed by atoms with Crippen LogP contribution < -0.4 is 5.32 Å². The van der Waals surface area contributed by atoms with Gasteiger partial charge in [0.15, 0.2) is 5.69 Å². The van der Waals surface area contributed by atoms with Crippen molar-refractivity contribution < 1.29 is 9.18 Å². The highest BCUT2D eigenvalue weighted by atomic mass is 19.1. The Morgan fingerprint density at radius 3 is 2.59 bits per heavy atom. The van der Waals surface area contributed by atoms with Gasteiger partial charge in [0, 0.05) is 30.2 Å². The van der Waals surface area contributed by atoms with E-state index in [1.54, 1.807) is 42.7 Å². The average Bonchev–Trinajstić information content (AvgIpc) is 2.99. The van der Waals surface area contributed by atoms with E-state index >= 15 is 0 Å². The summed E-state index contributed by atoms with van der Waals surface area (Å²) in [6.07, 6.45) is 3.75. The first kappa shape index (κ1) is 13.9. The molecule has 3 rings (SSSR count). The molecule has 22 heavy (non-hydrogen) atoms. The number of carbonyl (C=O) groups excluding carboxylic acids is 1. The molecule has 1 aromatic carbocycles. The summed E-state index contributed by atoms with van der Waals surface area (Å²) >= 11 is 0. The summed E-state index contributed by atoms with van der Waals surface area (Å²) in [6.45, 7) is 0. The summed E-state index contributed by atoms with van der Waals surface area (Å²) in [6, 6.07) is 11.3. The summed E-state index contributed by atoms with van der Waals surface area (Å²) in [5, 5.41) is 9.55. The van der Waals surface area contributed by atoms with Crippen molar-refractivity contribution >= 4 is 11.6 Å². The van der Waals surface area contributed by atoms with Crippen LogP contribution in [0.2, 0.25) is 0 Å². The molecule has 0 aliphatic rings. The third-order valence-electron chi connectivity index (χ3n) is 3.11. The van der Waals surface area contributed by atoms with Crippen LogP contribution in [0, 0.1) is 5.82 Å². The minimum atomic E-state index is -0.298. The molecule has 0 fully saturated rings. The van der Waals surface area contributed by atoms with Crippen LogP contribution in [0.3, 0.4) is 0 Å². The topological polar surface area (TPSA) is 70.7 Å². The normalized spacial score (nSPS) is 10.4. The highest BCUT2D eigenvalue weighted by molar-refractivity contribution is 6.02. The van der Waals surface area contributed by atoms with Crippen molar-refractivity contribution in [1.29, 1.82) is 0 Å². The Bertz CT molecular complexity index is 768. The molecule has 0 saturated carbocycles. The lowest BCUT2D eigenvalue weighted by Gasteiger charge is -2.01. The number of anilines is 1. The van der Waals surface area contributed by atoms with Gasteiger partial charge in [-0.2, -0.15) is 5.10 Å². The van der Waals surface area contributed by atoms with E-state index in [2.05, 4.69) is 20.5 Å².